The SMILES string of the molecule is Cc1ccc(CN(Cc2ccc(C)o2)C(C)(C)C)o1. The van der Waals surface area contributed by atoms with E-state index >= 15 is 0 Å². The largest absolute Gasteiger partial charge is 0.465 e. The molecule has 0 atom stereocenters. The Hall–Kier alpha value is -1.48. The van der Waals surface area contributed by atoms with Gasteiger partial charge in [-0.25, -0.2) is 0 Å². The summed E-state index contributed by atoms with van der Waals surface area (Å²) in [6.45, 7) is 12.1. The van der Waals surface area contributed by atoms with Crippen LogP contribution in [-0.2, 0) is 13.1 Å². The van der Waals surface area contributed by atoms with E-state index in [-0.39, 0.29) is 5.54 Å². The molecule has 2 aromatic heterocycles. The van der Waals surface area contributed by atoms with Crippen molar-refractivity contribution in [3.63, 3.8) is 0 Å². The molecule has 0 unspecified atom stereocenters. The molecule has 0 aliphatic rings. The Morgan fingerprint density at radius 2 is 1.26 bits per heavy atom. The summed E-state index contributed by atoms with van der Waals surface area (Å²) in [5.41, 5.74) is 0.0569. The molecule has 0 radical (unpaired) electrons. The number of hydrogen-bond donors (Lipinski definition) is 0. The van der Waals surface area contributed by atoms with Gasteiger partial charge in [-0.15, -0.1) is 0 Å². The summed E-state index contributed by atoms with van der Waals surface area (Å²) in [6, 6.07) is 8.10. The van der Waals surface area contributed by atoms with Gasteiger partial charge in [0.1, 0.15) is 23.0 Å². The van der Waals surface area contributed by atoms with Crippen LogP contribution < -0.4 is 0 Å². The van der Waals surface area contributed by atoms with Crippen LogP contribution in [0.25, 0.3) is 0 Å². The predicted octanol–water partition coefficient (Wildman–Crippen LogP) is 4.29. The van der Waals surface area contributed by atoms with Crippen LogP contribution in [-0.4, -0.2) is 10.4 Å². The van der Waals surface area contributed by atoms with E-state index in [1.54, 1.807) is 0 Å². The Balaban J connectivity index is 2.12. The fourth-order valence-corrected chi connectivity index (χ4v) is 2.05. The summed E-state index contributed by atoms with van der Waals surface area (Å²) in [5, 5.41) is 0. The van der Waals surface area contributed by atoms with Gasteiger partial charge in [0.25, 0.3) is 0 Å². The molecule has 2 aromatic rings. The van der Waals surface area contributed by atoms with Gasteiger partial charge in [-0.3, -0.25) is 4.90 Å². The van der Waals surface area contributed by atoms with E-state index in [1.807, 2.05) is 38.1 Å². The third-order valence-corrected chi connectivity index (χ3v) is 3.23. The van der Waals surface area contributed by atoms with Gasteiger partial charge in [0.15, 0.2) is 0 Å². The summed E-state index contributed by atoms with van der Waals surface area (Å²) in [4.78, 5) is 2.35. The molecule has 0 aliphatic heterocycles. The molecule has 0 saturated carbocycles. The molecule has 3 heteroatoms. The van der Waals surface area contributed by atoms with Crippen LogP contribution in [0.2, 0.25) is 0 Å². The zero-order valence-electron chi connectivity index (χ0n) is 12.5. The van der Waals surface area contributed by atoms with E-state index in [4.69, 9.17) is 8.83 Å². The highest BCUT2D eigenvalue weighted by Gasteiger charge is 2.23. The van der Waals surface area contributed by atoms with E-state index in [2.05, 4.69) is 25.7 Å². The van der Waals surface area contributed by atoms with Crippen molar-refractivity contribution in [2.45, 2.75) is 53.2 Å². The number of rotatable bonds is 4. The van der Waals surface area contributed by atoms with Crippen molar-refractivity contribution in [2.75, 3.05) is 0 Å². The first-order valence-electron chi connectivity index (χ1n) is 6.70. The lowest BCUT2D eigenvalue weighted by molar-refractivity contribution is 0.0988. The Bertz CT molecular complexity index is 489. The van der Waals surface area contributed by atoms with Crippen LogP contribution in [0, 0.1) is 13.8 Å². The Kier molecular flexibility index (Phi) is 3.85. The number of hydrogen-bond acceptors (Lipinski definition) is 3. The molecule has 0 amide bonds. The van der Waals surface area contributed by atoms with Crippen molar-refractivity contribution in [1.82, 2.24) is 4.90 Å². The van der Waals surface area contributed by atoms with E-state index in [1.165, 1.54) is 0 Å². The van der Waals surface area contributed by atoms with Crippen molar-refractivity contribution in [2.24, 2.45) is 0 Å². The van der Waals surface area contributed by atoms with Crippen LogP contribution in [0.1, 0.15) is 43.8 Å². The summed E-state index contributed by atoms with van der Waals surface area (Å²) in [6.07, 6.45) is 0. The normalized spacial score (nSPS) is 12.3. The highest BCUT2D eigenvalue weighted by molar-refractivity contribution is 5.08. The van der Waals surface area contributed by atoms with Crippen LogP contribution in [0.3, 0.4) is 0 Å². The third kappa shape index (κ3) is 3.74. The summed E-state index contributed by atoms with van der Waals surface area (Å²) >= 11 is 0. The second-order valence-electron chi connectivity index (χ2n) is 6.05. The Labute approximate surface area is 115 Å². The van der Waals surface area contributed by atoms with E-state index in [0.717, 1.165) is 36.1 Å². The third-order valence-electron chi connectivity index (χ3n) is 3.23. The second kappa shape index (κ2) is 5.25. The lowest BCUT2D eigenvalue weighted by Gasteiger charge is -2.34. The van der Waals surface area contributed by atoms with Crippen molar-refractivity contribution in [3.8, 4) is 0 Å². The molecule has 2 heterocycles. The van der Waals surface area contributed by atoms with Crippen LogP contribution in [0.5, 0.6) is 0 Å². The number of furan rings is 2. The summed E-state index contributed by atoms with van der Waals surface area (Å²) in [7, 11) is 0. The molecule has 0 spiro atoms. The fraction of sp³-hybridized carbons (Fsp3) is 0.500. The predicted molar refractivity (Wildman–Crippen MR) is 75.9 cm³/mol. The smallest absolute Gasteiger partial charge is 0.118 e. The zero-order chi connectivity index (χ0) is 14.0. The van der Waals surface area contributed by atoms with Crippen molar-refractivity contribution in [3.05, 3.63) is 47.3 Å². The van der Waals surface area contributed by atoms with Gasteiger partial charge in [0.2, 0.25) is 0 Å². The second-order valence-corrected chi connectivity index (χ2v) is 6.05. The molecule has 0 N–H and O–H groups in total. The molecule has 0 saturated heterocycles. The first-order chi connectivity index (χ1) is 8.84. The van der Waals surface area contributed by atoms with E-state index in [0.29, 0.717) is 0 Å². The van der Waals surface area contributed by atoms with Gasteiger partial charge >= 0.3 is 0 Å². The molecule has 0 bridgehead atoms. The summed E-state index contributed by atoms with van der Waals surface area (Å²) in [5.74, 6) is 3.90. The molecule has 2 rings (SSSR count). The van der Waals surface area contributed by atoms with Gasteiger partial charge in [-0.1, -0.05) is 0 Å². The fourth-order valence-electron chi connectivity index (χ4n) is 2.05. The maximum atomic E-state index is 5.68. The highest BCUT2D eigenvalue weighted by Crippen LogP contribution is 2.22. The van der Waals surface area contributed by atoms with Crippen LogP contribution in [0.15, 0.2) is 33.1 Å². The zero-order valence-corrected chi connectivity index (χ0v) is 12.5. The van der Waals surface area contributed by atoms with Crippen molar-refractivity contribution < 1.29 is 8.83 Å². The van der Waals surface area contributed by atoms with Gasteiger partial charge in [-0.2, -0.15) is 0 Å². The minimum absolute atomic E-state index is 0.0569. The number of aryl methyl sites for hydroxylation is 2. The topological polar surface area (TPSA) is 29.5 Å². The van der Waals surface area contributed by atoms with Gasteiger partial charge in [0.05, 0.1) is 13.1 Å². The molecular formula is C16H23NO2. The van der Waals surface area contributed by atoms with Gasteiger partial charge < -0.3 is 8.83 Å². The molecule has 0 aromatic carbocycles. The van der Waals surface area contributed by atoms with Gasteiger partial charge in [0, 0.05) is 5.54 Å². The van der Waals surface area contributed by atoms with Gasteiger partial charge in [-0.05, 0) is 58.9 Å². The average molecular weight is 261 g/mol. The van der Waals surface area contributed by atoms with Crippen LogP contribution >= 0.6 is 0 Å². The standard InChI is InChI=1S/C16H23NO2/c1-12-6-8-14(18-12)10-17(16(3,4)5)11-15-9-7-13(2)19-15/h6-9H,10-11H2,1-5H3. The molecule has 0 aliphatic carbocycles. The first kappa shape index (κ1) is 13.9. The van der Waals surface area contributed by atoms with Crippen molar-refractivity contribution in [1.29, 1.82) is 0 Å². The van der Waals surface area contributed by atoms with E-state index < -0.39 is 0 Å². The molecule has 19 heavy (non-hydrogen) atoms. The maximum Gasteiger partial charge on any atom is 0.118 e. The lowest BCUT2D eigenvalue weighted by atomic mass is 10.1. The first-order valence-corrected chi connectivity index (χ1v) is 6.70. The molecular weight excluding hydrogens is 238 g/mol. The monoisotopic (exact) mass is 261 g/mol. The maximum absolute atomic E-state index is 5.68. The average Bonchev–Trinajstić information content (AvgIpc) is 2.86. The Morgan fingerprint density at radius 1 is 0.842 bits per heavy atom. The molecule has 3 nitrogen and oxygen atoms in total. The van der Waals surface area contributed by atoms with E-state index in [9.17, 15) is 0 Å². The minimum atomic E-state index is 0.0569. The van der Waals surface area contributed by atoms with Crippen LogP contribution in [0.4, 0.5) is 0 Å². The minimum Gasteiger partial charge on any atom is -0.465 e. The highest BCUT2D eigenvalue weighted by atomic mass is 16.3. The quantitative estimate of drug-likeness (QED) is 0.822. The summed E-state index contributed by atoms with van der Waals surface area (Å²) < 4.78 is 11.4. The molecule has 0 fully saturated rings. The molecule has 104 valence electrons. The lowest BCUT2D eigenvalue weighted by Crippen LogP contribution is -2.40. The number of nitrogens with zero attached hydrogens (tertiary/aromatic N) is 1. The van der Waals surface area contributed by atoms with Crippen molar-refractivity contribution >= 4 is 0 Å². The Morgan fingerprint density at radius 3 is 1.53 bits per heavy atom.